The summed E-state index contributed by atoms with van der Waals surface area (Å²) in [5.74, 6) is 0.311. The van der Waals surface area contributed by atoms with Crippen LogP contribution in [0.2, 0.25) is 0 Å². The SMILES string of the molecule is CC(C)(O)C1CN(c2ccc(OC(F)F)c3nn(C4CC4)cc23)C1. The molecule has 1 aliphatic carbocycles. The Balaban J connectivity index is 1.69. The van der Waals surface area contributed by atoms with Gasteiger partial charge in [0, 0.05) is 36.3 Å². The molecule has 24 heavy (non-hydrogen) atoms. The predicted molar refractivity (Wildman–Crippen MR) is 86.6 cm³/mol. The first-order valence-electron chi connectivity index (χ1n) is 8.27. The van der Waals surface area contributed by atoms with E-state index in [1.807, 2.05) is 24.7 Å². The Morgan fingerprint density at radius 3 is 2.58 bits per heavy atom. The molecule has 0 radical (unpaired) electrons. The van der Waals surface area contributed by atoms with Gasteiger partial charge in [-0.15, -0.1) is 0 Å². The Morgan fingerprint density at radius 1 is 1.29 bits per heavy atom. The molecule has 5 nitrogen and oxygen atoms in total. The minimum Gasteiger partial charge on any atom is -0.432 e. The molecule has 2 heterocycles. The van der Waals surface area contributed by atoms with Gasteiger partial charge in [-0.1, -0.05) is 0 Å². The fraction of sp³-hybridized carbons (Fsp3) is 0.588. The summed E-state index contributed by atoms with van der Waals surface area (Å²) >= 11 is 0. The Kier molecular flexibility index (Phi) is 3.46. The third-order valence-corrected chi connectivity index (χ3v) is 4.99. The van der Waals surface area contributed by atoms with Crippen LogP contribution in [0.1, 0.15) is 32.7 Å². The molecule has 2 aromatic rings. The van der Waals surface area contributed by atoms with E-state index in [1.165, 1.54) is 0 Å². The van der Waals surface area contributed by atoms with Crippen LogP contribution in [0, 0.1) is 5.92 Å². The van der Waals surface area contributed by atoms with Gasteiger partial charge in [-0.2, -0.15) is 13.9 Å². The average molecular weight is 337 g/mol. The zero-order valence-corrected chi connectivity index (χ0v) is 13.7. The highest BCUT2D eigenvalue weighted by molar-refractivity contribution is 5.96. The maximum atomic E-state index is 12.7. The second kappa shape index (κ2) is 5.31. The van der Waals surface area contributed by atoms with Crippen molar-refractivity contribution >= 4 is 16.6 Å². The Morgan fingerprint density at radius 2 is 2.00 bits per heavy atom. The number of hydrogen-bond acceptors (Lipinski definition) is 4. The van der Waals surface area contributed by atoms with Crippen LogP contribution in [0.3, 0.4) is 0 Å². The highest BCUT2D eigenvalue weighted by atomic mass is 19.3. The van der Waals surface area contributed by atoms with Gasteiger partial charge in [-0.05, 0) is 38.8 Å². The number of fused-ring (bicyclic) bond motifs is 1. The number of aliphatic hydroxyl groups is 1. The summed E-state index contributed by atoms with van der Waals surface area (Å²) in [7, 11) is 0. The molecule has 2 aliphatic rings. The standard InChI is InChI=1S/C17H21F2N3O2/c1-17(2,23)10-7-21(8-10)13-5-6-14(24-16(18)19)15-12(13)9-22(20-15)11-3-4-11/h5-6,9-11,16,23H,3-4,7-8H2,1-2H3. The molecule has 1 N–H and O–H groups in total. The minimum absolute atomic E-state index is 0.114. The molecule has 0 bridgehead atoms. The molecule has 1 saturated heterocycles. The topological polar surface area (TPSA) is 50.5 Å². The Hall–Kier alpha value is -1.89. The van der Waals surface area contributed by atoms with Crippen molar-refractivity contribution in [2.24, 2.45) is 5.92 Å². The first-order valence-corrected chi connectivity index (χ1v) is 8.27. The van der Waals surface area contributed by atoms with Crippen LogP contribution in [-0.4, -0.2) is 40.2 Å². The molecule has 1 aliphatic heterocycles. The molecule has 0 atom stereocenters. The molecular formula is C17H21F2N3O2. The van der Waals surface area contributed by atoms with E-state index in [1.54, 1.807) is 12.1 Å². The monoisotopic (exact) mass is 337 g/mol. The van der Waals surface area contributed by atoms with Crippen molar-refractivity contribution in [1.82, 2.24) is 9.78 Å². The maximum absolute atomic E-state index is 12.7. The van der Waals surface area contributed by atoms with E-state index < -0.39 is 12.2 Å². The largest absolute Gasteiger partial charge is 0.432 e. The van der Waals surface area contributed by atoms with E-state index in [0.29, 0.717) is 11.6 Å². The number of ether oxygens (including phenoxy) is 1. The zero-order valence-electron chi connectivity index (χ0n) is 13.7. The van der Waals surface area contributed by atoms with Crippen LogP contribution >= 0.6 is 0 Å². The van der Waals surface area contributed by atoms with Crippen LogP contribution in [0.15, 0.2) is 18.3 Å². The van der Waals surface area contributed by atoms with Crippen molar-refractivity contribution in [3.63, 3.8) is 0 Å². The quantitative estimate of drug-likeness (QED) is 0.910. The van der Waals surface area contributed by atoms with Crippen molar-refractivity contribution in [2.45, 2.75) is 44.9 Å². The third-order valence-electron chi connectivity index (χ3n) is 4.99. The van der Waals surface area contributed by atoms with Crippen molar-refractivity contribution in [2.75, 3.05) is 18.0 Å². The van der Waals surface area contributed by atoms with Crippen molar-refractivity contribution in [3.05, 3.63) is 18.3 Å². The molecule has 4 rings (SSSR count). The minimum atomic E-state index is -2.87. The number of alkyl halides is 2. The van der Waals surface area contributed by atoms with Gasteiger partial charge in [0.25, 0.3) is 0 Å². The van der Waals surface area contributed by atoms with E-state index in [-0.39, 0.29) is 11.7 Å². The van der Waals surface area contributed by atoms with Crippen molar-refractivity contribution in [1.29, 1.82) is 0 Å². The second-order valence-corrected chi connectivity index (χ2v) is 7.32. The summed E-state index contributed by atoms with van der Waals surface area (Å²) in [5, 5.41) is 15.4. The number of benzene rings is 1. The molecule has 1 aromatic carbocycles. The molecule has 2 fully saturated rings. The number of hydrogen-bond donors (Lipinski definition) is 1. The molecule has 0 unspecified atom stereocenters. The maximum Gasteiger partial charge on any atom is 0.387 e. The fourth-order valence-electron chi connectivity index (χ4n) is 3.20. The number of rotatable bonds is 5. The first-order chi connectivity index (χ1) is 11.3. The lowest BCUT2D eigenvalue weighted by atomic mass is 9.84. The lowest BCUT2D eigenvalue weighted by molar-refractivity contribution is -0.0489. The van der Waals surface area contributed by atoms with Gasteiger partial charge < -0.3 is 14.7 Å². The van der Waals surface area contributed by atoms with Gasteiger partial charge in [0.1, 0.15) is 5.52 Å². The predicted octanol–water partition coefficient (Wildman–Crippen LogP) is 3.18. The summed E-state index contributed by atoms with van der Waals surface area (Å²) in [6.07, 6.45) is 4.07. The van der Waals surface area contributed by atoms with Gasteiger partial charge in [0.15, 0.2) is 5.75 Å². The lowest BCUT2D eigenvalue weighted by Crippen LogP contribution is -2.55. The molecule has 1 saturated carbocycles. The summed E-state index contributed by atoms with van der Waals surface area (Å²) in [6, 6.07) is 3.73. The van der Waals surface area contributed by atoms with Gasteiger partial charge in [0.05, 0.1) is 11.6 Å². The summed E-state index contributed by atoms with van der Waals surface area (Å²) < 4.78 is 31.8. The number of nitrogens with zero attached hydrogens (tertiary/aromatic N) is 3. The fourth-order valence-corrected chi connectivity index (χ4v) is 3.20. The zero-order chi connectivity index (χ0) is 17.1. The highest BCUT2D eigenvalue weighted by Gasteiger charge is 2.38. The van der Waals surface area contributed by atoms with Crippen LogP contribution in [0.25, 0.3) is 10.9 Å². The van der Waals surface area contributed by atoms with E-state index in [4.69, 9.17) is 0 Å². The van der Waals surface area contributed by atoms with Crippen molar-refractivity contribution in [3.8, 4) is 5.75 Å². The summed E-state index contributed by atoms with van der Waals surface area (Å²) in [5.41, 5.74) is 0.720. The smallest absolute Gasteiger partial charge is 0.387 e. The molecule has 130 valence electrons. The van der Waals surface area contributed by atoms with Gasteiger partial charge >= 0.3 is 6.61 Å². The van der Waals surface area contributed by atoms with Crippen LogP contribution in [0.5, 0.6) is 5.75 Å². The number of halogens is 2. The van der Waals surface area contributed by atoms with Crippen LogP contribution in [-0.2, 0) is 0 Å². The highest BCUT2D eigenvalue weighted by Crippen LogP contribution is 2.41. The summed E-state index contributed by atoms with van der Waals surface area (Å²) in [4.78, 5) is 2.15. The second-order valence-electron chi connectivity index (χ2n) is 7.32. The Bertz CT molecular complexity index is 759. The van der Waals surface area contributed by atoms with Gasteiger partial charge in [0.2, 0.25) is 0 Å². The van der Waals surface area contributed by atoms with E-state index >= 15 is 0 Å². The average Bonchev–Trinajstić information content (AvgIpc) is 3.16. The van der Waals surface area contributed by atoms with E-state index in [0.717, 1.165) is 37.0 Å². The normalized spacial score (nSPS) is 19.2. The molecular weight excluding hydrogens is 316 g/mol. The molecule has 7 heteroatoms. The molecule has 1 aromatic heterocycles. The van der Waals surface area contributed by atoms with Gasteiger partial charge in [-0.25, -0.2) is 0 Å². The van der Waals surface area contributed by atoms with Crippen molar-refractivity contribution < 1.29 is 18.6 Å². The Labute approximate surface area is 138 Å². The third kappa shape index (κ3) is 2.70. The van der Waals surface area contributed by atoms with Crippen LogP contribution in [0.4, 0.5) is 14.5 Å². The number of aromatic nitrogens is 2. The van der Waals surface area contributed by atoms with E-state index in [9.17, 15) is 13.9 Å². The summed E-state index contributed by atoms with van der Waals surface area (Å²) in [6.45, 7) is 2.24. The number of anilines is 1. The molecule has 0 amide bonds. The van der Waals surface area contributed by atoms with Gasteiger partial charge in [-0.3, -0.25) is 4.68 Å². The molecule has 0 spiro atoms. The lowest BCUT2D eigenvalue weighted by Gasteiger charge is -2.46. The van der Waals surface area contributed by atoms with Crippen LogP contribution < -0.4 is 9.64 Å². The van der Waals surface area contributed by atoms with E-state index in [2.05, 4.69) is 14.7 Å². The first kappa shape index (κ1) is 15.6.